The molecular weight excluding hydrogens is 216 g/mol. The first-order chi connectivity index (χ1) is 8.16. The molecule has 4 heteroatoms. The van der Waals surface area contributed by atoms with E-state index in [2.05, 4.69) is 9.97 Å². The van der Waals surface area contributed by atoms with Gasteiger partial charge in [-0.3, -0.25) is 4.98 Å². The molecular formula is C13H12N2O2. The molecule has 0 aliphatic heterocycles. The molecule has 86 valence electrons. The van der Waals surface area contributed by atoms with Gasteiger partial charge in [0.05, 0.1) is 0 Å². The third-order valence-electron chi connectivity index (χ3n) is 2.78. The van der Waals surface area contributed by atoms with Crippen LogP contribution in [0.15, 0.2) is 28.9 Å². The maximum absolute atomic E-state index is 9.91. The first-order valence-corrected chi connectivity index (χ1v) is 5.53. The van der Waals surface area contributed by atoms with E-state index in [0.717, 1.165) is 10.8 Å². The summed E-state index contributed by atoms with van der Waals surface area (Å²) in [5.41, 5.74) is 1.36. The van der Waals surface area contributed by atoms with Gasteiger partial charge in [0.25, 0.3) is 0 Å². The van der Waals surface area contributed by atoms with Crippen LogP contribution in [0.4, 0.5) is 0 Å². The van der Waals surface area contributed by atoms with Crippen LogP contribution < -0.4 is 0 Å². The Kier molecular flexibility index (Phi) is 2.04. The maximum Gasteiger partial charge on any atom is 0.198 e. The van der Waals surface area contributed by atoms with E-state index < -0.39 is 0 Å². The van der Waals surface area contributed by atoms with Gasteiger partial charge in [0.15, 0.2) is 11.5 Å². The fourth-order valence-corrected chi connectivity index (χ4v) is 1.89. The van der Waals surface area contributed by atoms with Gasteiger partial charge in [-0.2, -0.15) is 0 Å². The van der Waals surface area contributed by atoms with Crippen molar-refractivity contribution in [1.29, 1.82) is 0 Å². The minimum Gasteiger partial charge on any atom is -0.507 e. The Balaban J connectivity index is 2.46. The van der Waals surface area contributed by atoms with Crippen molar-refractivity contribution in [2.45, 2.75) is 19.8 Å². The predicted molar refractivity (Wildman–Crippen MR) is 65.1 cm³/mol. The lowest BCUT2D eigenvalue weighted by Gasteiger charge is -1.99. The highest BCUT2D eigenvalue weighted by Gasteiger charge is 2.14. The van der Waals surface area contributed by atoms with Crippen LogP contribution in [-0.4, -0.2) is 15.1 Å². The van der Waals surface area contributed by atoms with Crippen LogP contribution in [-0.2, 0) is 0 Å². The van der Waals surface area contributed by atoms with E-state index in [9.17, 15) is 5.11 Å². The fourth-order valence-electron chi connectivity index (χ4n) is 1.89. The van der Waals surface area contributed by atoms with E-state index in [1.54, 1.807) is 24.5 Å². The molecule has 0 fully saturated rings. The molecule has 3 rings (SSSR count). The van der Waals surface area contributed by atoms with E-state index >= 15 is 0 Å². The molecule has 0 atom stereocenters. The molecule has 0 saturated heterocycles. The Morgan fingerprint density at radius 2 is 2.12 bits per heavy atom. The predicted octanol–water partition coefficient (Wildman–Crippen LogP) is 3.21. The Labute approximate surface area is 97.9 Å². The summed E-state index contributed by atoms with van der Waals surface area (Å²) in [5, 5.41) is 11.4. The van der Waals surface area contributed by atoms with E-state index in [1.165, 1.54) is 0 Å². The number of nitrogens with zero attached hydrogens (tertiary/aromatic N) is 2. The van der Waals surface area contributed by atoms with Crippen molar-refractivity contribution in [1.82, 2.24) is 9.97 Å². The molecule has 0 bridgehead atoms. The number of fused-ring (bicyclic) bond motifs is 3. The second-order valence-electron chi connectivity index (χ2n) is 4.37. The molecule has 0 aliphatic carbocycles. The van der Waals surface area contributed by atoms with Gasteiger partial charge in [0, 0.05) is 35.2 Å². The van der Waals surface area contributed by atoms with Gasteiger partial charge in [0.1, 0.15) is 11.3 Å². The van der Waals surface area contributed by atoms with Gasteiger partial charge in [-0.1, -0.05) is 13.8 Å². The van der Waals surface area contributed by atoms with E-state index in [-0.39, 0.29) is 11.7 Å². The third kappa shape index (κ3) is 1.45. The molecule has 0 unspecified atom stereocenters. The highest BCUT2D eigenvalue weighted by molar-refractivity contribution is 6.05. The molecule has 2 heterocycles. The Morgan fingerprint density at radius 1 is 1.29 bits per heavy atom. The van der Waals surface area contributed by atoms with Crippen LogP contribution in [0.2, 0.25) is 0 Å². The number of benzene rings is 1. The number of pyridine rings is 1. The van der Waals surface area contributed by atoms with E-state index in [4.69, 9.17) is 4.42 Å². The molecule has 1 aromatic carbocycles. The summed E-state index contributed by atoms with van der Waals surface area (Å²) in [6, 6.07) is 3.40. The first-order valence-electron chi connectivity index (χ1n) is 5.53. The lowest BCUT2D eigenvalue weighted by Crippen LogP contribution is -1.84. The highest BCUT2D eigenvalue weighted by atomic mass is 16.3. The maximum atomic E-state index is 9.91. The molecule has 1 N–H and O–H groups in total. The SMILES string of the molecule is CC(C)c1nc2cc(O)c3ccncc3c2o1. The number of phenols is 1. The van der Waals surface area contributed by atoms with Crippen molar-refractivity contribution < 1.29 is 9.52 Å². The summed E-state index contributed by atoms with van der Waals surface area (Å²) in [6.07, 6.45) is 3.33. The third-order valence-corrected chi connectivity index (χ3v) is 2.78. The average molecular weight is 228 g/mol. The lowest BCUT2D eigenvalue weighted by molar-refractivity contribution is 0.482. The normalized spacial score (nSPS) is 11.7. The van der Waals surface area contributed by atoms with Gasteiger partial charge >= 0.3 is 0 Å². The van der Waals surface area contributed by atoms with E-state index in [1.807, 2.05) is 13.8 Å². The smallest absolute Gasteiger partial charge is 0.198 e. The summed E-state index contributed by atoms with van der Waals surface area (Å²) >= 11 is 0. The van der Waals surface area contributed by atoms with Gasteiger partial charge in [0.2, 0.25) is 0 Å². The molecule has 0 radical (unpaired) electrons. The Morgan fingerprint density at radius 3 is 2.88 bits per heavy atom. The Bertz CT molecular complexity index is 701. The minimum atomic E-state index is 0.207. The minimum absolute atomic E-state index is 0.207. The van der Waals surface area contributed by atoms with Crippen LogP contribution in [0.3, 0.4) is 0 Å². The number of phenolic OH excluding ortho intramolecular Hbond substituents is 1. The zero-order chi connectivity index (χ0) is 12.0. The topological polar surface area (TPSA) is 59.2 Å². The Hall–Kier alpha value is -2.10. The molecule has 4 nitrogen and oxygen atoms in total. The average Bonchev–Trinajstić information content (AvgIpc) is 2.73. The van der Waals surface area contributed by atoms with Crippen LogP contribution >= 0.6 is 0 Å². The van der Waals surface area contributed by atoms with Crippen LogP contribution in [0.25, 0.3) is 21.9 Å². The molecule has 0 amide bonds. The van der Waals surface area contributed by atoms with Crippen LogP contribution in [0.1, 0.15) is 25.7 Å². The van der Waals surface area contributed by atoms with Gasteiger partial charge in [-0.05, 0) is 6.07 Å². The standard InChI is InChI=1S/C13H12N2O2/c1-7(2)13-15-10-5-11(16)8-3-4-14-6-9(8)12(10)17-13/h3-7,16H,1-2H3. The van der Waals surface area contributed by atoms with Gasteiger partial charge in [-0.25, -0.2) is 4.98 Å². The zero-order valence-corrected chi connectivity index (χ0v) is 9.64. The van der Waals surface area contributed by atoms with Crippen molar-refractivity contribution in [3.63, 3.8) is 0 Å². The van der Waals surface area contributed by atoms with Crippen molar-refractivity contribution in [2.75, 3.05) is 0 Å². The molecule has 2 aromatic heterocycles. The largest absolute Gasteiger partial charge is 0.507 e. The fraction of sp³-hybridized carbons (Fsp3) is 0.231. The molecule has 17 heavy (non-hydrogen) atoms. The van der Waals surface area contributed by atoms with Gasteiger partial charge < -0.3 is 9.52 Å². The quantitative estimate of drug-likeness (QED) is 0.694. The number of rotatable bonds is 1. The number of aromatic nitrogens is 2. The van der Waals surface area contributed by atoms with Gasteiger partial charge in [-0.15, -0.1) is 0 Å². The summed E-state index contributed by atoms with van der Waals surface area (Å²) in [6.45, 7) is 4.04. The number of oxazole rings is 1. The van der Waals surface area contributed by atoms with Crippen molar-refractivity contribution in [3.8, 4) is 5.75 Å². The molecule has 3 aromatic rings. The monoisotopic (exact) mass is 228 g/mol. The van der Waals surface area contributed by atoms with Crippen molar-refractivity contribution in [3.05, 3.63) is 30.4 Å². The molecule has 0 saturated carbocycles. The van der Waals surface area contributed by atoms with Crippen molar-refractivity contribution >= 4 is 21.9 Å². The second-order valence-corrected chi connectivity index (χ2v) is 4.37. The summed E-state index contributed by atoms with van der Waals surface area (Å²) in [5.74, 6) is 1.10. The van der Waals surface area contributed by atoms with Crippen LogP contribution in [0, 0.1) is 0 Å². The lowest BCUT2D eigenvalue weighted by atomic mass is 10.1. The first kappa shape index (κ1) is 10.1. The molecule has 0 spiro atoms. The summed E-state index contributed by atoms with van der Waals surface area (Å²) < 4.78 is 5.74. The molecule has 0 aliphatic rings. The summed E-state index contributed by atoms with van der Waals surface area (Å²) in [4.78, 5) is 8.43. The van der Waals surface area contributed by atoms with Crippen molar-refractivity contribution in [2.24, 2.45) is 0 Å². The second kappa shape index (κ2) is 3.45. The zero-order valence-electron chi connectivity index (χ0n) is 9.64. The number of aromatic hydroxyl groups is 1. The number of hydrogen-bond donors (Lipinski definition) is 1. The van der Waals surface area contributed by atoms with E-state index in [0.29, 0.717) is 17.0 Å². The summed E-state index contributed by atoms with van der Waals surface area (Å²) in [7, 11) is 0. The number of hydrogen-bond acceptors (Lipinski definition) is 4. The highest BCUT2D eigenvalue weighted by Crippen LogP contribution is 2.33. The van der Waals surface area contributed by atoms with Crippen LogP contribution in [0.5, 0.6) is 5.75 Å².